The lowest BCUT2D eigenvalue weighted by Gasteiger charge is -2.15. The Morgan fingerprint density at radius 2 is 1.95 bits per heavy atom. The van der Waals surface area contributed by atoms with E-state index in [1.54, 1.807) is 0 Å². The lowest BCUT2D eigenvalue weighted by Crippen LogP contribution is -2.17. The van der Waals surface area contributed by atoms with Crippen LogP contribution in [0, 0.1) is 0 Å². The summed E-state index contributed by atoms with van der Waals surface area (Å²) in [5.41, 5.74) is 2.49. The molecule has 1 aromatic heterocycles. The molecule has 98 valence electrons. The second-order valence-electron chi connectivity index (χ2n) is 5.10. The Kier molecular flexibility index (Phi) is 3.30. The average molecular weight is 253 g/mol. The minimum atomic E-state index is 0.0729. The third kappa shape index (κ3) is 2.38. The van der Waals surface area contributed by atoms with Crippen molar-refractivity contribution in [2.75, 3.05) is 6.54 Å². The summed E-state index contributed by atoms with van der Waals surface area (Å²) >= 11 is 0. The molecule has 1 saturated carbocycles. The maximum Gasteiger partial charge on any atom is 0.139 e. The Morgan fingerprint density at radius 1 is 1.16 bits per heavy atom. The maximum absolute atomic E-state index is 4.75. The highest BCUT2D eigenvalue weighted by Crippen LogP contribution is 2.51. The van der Waals surface area contributed by atoms with Crippen LogP contribution in [0.5, 0.6) is 0 Å². The standard InChI is InChI=1S/C16H19N3/c1-2-17-12-14-8-11-18-15(19-14)16(9-10-16)13-6-4-3-5-7-13/h3-8,11,17H,2,9-10,12H2,1H3. The highest BCUT2D eigenvalue weighted by Gasteiger charge is 2.48. The largest absolute Gasteiger partial charge is 0.311 e. The molecule has 1 fully saturated rings. The van der Waals surface area contributed by atoms with E-state index in [0.717, 1.165) is 37.4 Å². The molecular formula is C16H19N3. The van der Waals surface area contributed by atoms with Crippen LogP contribution in [0.25, 0.3) is 0 Å². The van der Waals surface area contributed by atoms with Crippen LogP contribution in [0.1, 0.15) is 36.8 Å². The smallest absolute Gasteiger partial charge is 0.139 e. The van der Waals surface area contributed by atoms with Gasteiger partial charge in [-0.1, -0.05) is 37.3 Å². The number of hydrogen-bond donors (Lipinski definition) is 1. The van der Waals surface area contributed by atoms with Gasteiger partial charge in [0, 0.05) is 12.7 Å². The third-order valence-electron chi connectivity index (χ3n) is 3.77. The van der Waals surface area contributed by atoms with Crippen LogP contribution in [0.3, 0.4) is 0 Å². The molecule has 0 saturated heterocycles. The summed E-state index contributed by atoms with van der Waals surface area (Å²) in [5.74, 6) is 0.981. The number of hydrogen-bond acceptors (Lipinski definition) is 3. The topological polar surface area (TPSA) is 37.8 Å². The van der Waals surface area contributed by atoms with Crippen LogP contribution >= 0.6 is 0 Å². The Balaban J connectivity index is 1.90. The van der Waals surface area contributed by atoms with E-state index in [0.29, 0.717) is 0 Å². The van der Waals surface area contributed by atoms with Crippen LogP contribution in [-0.4, -0.2) is 16.5 Å². The van der Waals surface area contributed by atoms with Gasteiger partial charge in [0.2, 0.25) is 0 Å². The van der Waals surface area contributed by atoms with Gasteiger partial charge in [0.15, 0.2) is 0 Å². The van der Waals surface area contributed by atoms with E-state index in [-0.39, 0.29) is 5.41 Å². The van der Waals surface area contributed by atoms with Gasteiger partial charge in [0.1, 0.15) is 5.82 Å². The molecular weight excluding hydrogens is 234 g/mol. The number of rotatable bonds is 5. The van der Waals surface area contributed by atoms with Crippen molar-refractivity contribution in [1.29, 1.82) is 0 Å². The SMILES string of the molecule is CCNCc1ccnc(C2(c3ccccc3)CC2)n1. The molecule has 0 bridgehead atoms. The van der Waals surface area contributed by atoms with Gasteiger partial charge in [-0.25, -0.2) is 9.97 Å². The van der Waals surface area contributed by atoms with Crippen LogP contribution in [0.15, 0.2) is 42.6 Å². The second-order valence-corrected chi connectivity index (χ2v) is 5.10. The van der Waals surface area contributed by atoms with Crippen molar-refractivity contribution in [2.45, 2.75) is 31.7 Å². The molecule has 2 aromatic rings. The molecule has 3 rings (SSSR count). The fraction of sp³-hybridized carbons (Fsp3) is 0.375. The van der Waals surface area contributed by atoms with E-state index in [1.165, 1.54) is 5.56 Å². The van der Waals surface area contributed by atoms with E-state index < -0.39 is 0 Å². The van der Waals surface area contributed by atoms with Gasteiger partial charge in [0.25, 0.3) is 0 Å². The minimum absolute atomic E-state index is 0.0729. The predicted molar refractivity (Wildman–Crippen MR) is 75.9 cm³/mol. The fourth-order valence-electron chi connectivity index (χ4n) is 2.50. The zero-order valence-electron chi connectivity index (χ0n) is 11.3. The number of nitrogens with zero attached hydrogens (tertiary/aromatic N) is 2. The highest BCUT2D eigenvalue weighted by molar-refractivity contribution is 5.39. The van der Waals surface area contributed by atoms with Gasteiger partial charge in [-0.2, -0.15) is 0 Å². The van der Waals surface area contributed by atoms with Crippen LogP contribution in [0.4, 0.5) is 0 Å². The van der Waals surface area contributed by atoms with E-state index >= 15 is 0 Å². The Morgan fingerprint density at radius 3 is 2.63 bits per heavy atom. The van der Waals surface area contributed by atoms with E-state index in [4.69, 9.17) is 4.98 Å². The van der Waals surface area contributed by atoms with Gasteiger partial charge in [0.05, 0.1) is 11.1 Å². The van der Waals surface area contributed by atoms with Crippen molar-refractivity contribution in [1.82, 2.24) is 15.3 Å². The highest BCUT2D eigenvalue weighted by atomic mass is 15.0. The molecule has 1 aromatic carbocycles. The molecule has 0 spiro atoms. The molecule has 0 radical (unpaired) electrons. The lowest BCUT2D eigenvalue weighted by molar-refractivity contribution is 0.682. The Labute approximate surface area is 114 Å². The van der Waals surface area contributed by atoms with Crippen molar-refractivity contribution < 1.29 is 0 Å². The van der Waals surface area contributed by atoms with Gasteiger partial charge < -0.3 is 5.32 Å². The molecule has 0 unspecified atom stereocenters. The van der Waals surface area contributed by atoms with Crippen molar-refractivity contribution in [3.05, 3.63) is 59.7 Å². The molecule has 1 heterocycles. The molecule has 3 nitrogen and oxygen atoms in total. The van der Waals surface area contributed by atoms with Crippen molar-refractivity contribution >= 4 is 0 Å². The molecule has 1 N–H and O–H groups in total. The Bertz CT molecular complexity index is 547. The summed E-state index contributed by atoms with van der Waals surface area (Å²) in [6.07, 6.45) is 4.20. The van der Waals surface area contributed by atoms with E-state index in [2.05, 4.69) is 47.6 Å². The van der Waals surface area contributed by atoms with Gasteiger partial charge in [-0.05, 0) is 31.0 Å². The fourth-order valence-corrected chi connectivity index (χ4v) is 2.50. The van der Waals surface area contributed by atoms with Crippen LogP contribution in [0.2, 0.25) is 0 Å². The number of nitrogens with one attached hydrogen (secondary N) is 1. The minimum Gasteiger partial charge on any atom is -0.311 e. The first-order valence-corrected chi connectivity index (χ1v) is 6.94. The van der Waals surface area contributed by atoms with Crippen LogP contribution < -0.4 is 5.32 Å². The van der Waals surface area contributed by atoms with Crippen molar-refractivity contribution in [3.8, 4) is 0 Å². The van der Waals surface area contributed by atoms with Crippen LogP contribution in [-0.2, 0) is 12.0 Å². The normalized spacial score (nSPS) is 16.3. The summed E-state index contributed by atoms with van der Waals surface area (Å²) in [6, 6.07) is 12.6. The lowest BCUT2D eigenvalue weighted by atomic mass is 9.95. The molecule has 1 aliphatic rings. The summed E-state index contributed by atoms with van der Waals surface area (Å²) in [5, 5.41) is 3.31. The van der Waals surface area contributed by atoms with Gasteiger partial charge in [-0.15, -0.1) is 0 Å². The summed E-state index contributed by atoms with van der Waals surface area (Å²) in [7, 11) is 0. The molecule has 0 amide bonds. The number of aromatic nitrogens is 2. The number of benzene rings is 1. The maximum atomic E-state index is 4.75. The van der Waals surface area contributed by atoms with Gasteiger partial charge >= 0.3 is 0 Å². The zero-order valence-corrected chi connectivity index (χ0v) is 11.3. The first-order valence-electron chi connectivity index (χ1n) is 6.94. The molecule has 3 heteroatoms. The molecule has 1 aliphatic carbocycles. The molecule has 0 atom stereocenters. The second kappa shape index (κ2) is 5.10. The van der Waals surface area contributed by atoms with Crippen molar-refractivity contribution in [2.24, 2.45) is 0 Å². The Hall–Kier alpha value is -1.74. The summed E-state index contributed by atoms with van der Waals surface area (Å²) < 4.78 is 0. The summed E-state index contributed by atoms with van der Waals surface area (Å²) in [4.78, 5) is 9.27. The first kappa shape index (κ1) is 12.3. The third-order valence-corrected chi connectivity index (χ3v) is 3.77. The molecule has 19 heavy (non-hydrogen) atoms. The van der Waals surface area contributed by atoms with E-state index in [9.17, 15) is 0 Å². The molecule has 0 aliphatic heterocycles. The summed E-state index contributed by atoms with van der Waals surface area (Å²) in [6.45, 7) is 3.88. The quantitative estimate of drug-likeness (QED) is 0.890. The van der Waals surface area contributed by atoms with E-state index in [1.807, 2.05) is 12.3 Å². The monoisotopic (exact) mass is 253 g/mol. The van der Waals surface area contributed by atoms with Gasteiger partial charge in [-0.3, -0.25) is 0 Å². The zero-order chi connectivity index (χ0) is 13.1. The van der Waals surface area contributed by atoms with Crippen molar-refractivity contribution in [3.63, 3.8) is 0 Å². The predicted octanol–water partition coefficient (Wildman–Crippen LogP) is 2.67. The first-order chi connectivity index (χ1) is 9.35. The average Bonchev–Trinajstić information content (AvgIpc) is 3.28.